The highest BCUT2D eigenvalue weighted by Gasteiger charge is 2.22. The Morgan fingerprint density at radius 1 is 1.14 bits per heavy atom. The molecule has 1 unspecified atom stereocenters. The average molecular weight is 306 g/mol. The van der Waals surface area contributed by atoms with E-state index in [0.29, 0.717) is 5.25 Å². The van der Waals surface area contributed by atoms with Crippen molar-refractivity contribution in [3.8, 4) is 0 Å². The van der Waals surface area contributed by atoms with Gasteiger partial charge in [-0.05, 0) is 48.6 Å². The predicted octanol–water partition coefficient (Wildman–Crippen LogP) is 4.31. The monoisotopic (exact) mass is 306 g/mol. The van der Waals surface area contributed by atoms with Gasteiger partial charge in [-0.15, -0.1) is 11.8 Å². The summed E-state index contributed by atoms with van der Waals surface area (Å²) in [5.41, 5.74) is 5.17. The minimum Gasteiger partial charge on any atom is -0.284 e. The molecule has 0 aliphatic carbocycles. The van der Waals surface area contributed by atoms with Crippen molar-refractivity contribution in [3.05, 3.63) is 71.6 Å². The van der Waals surface area contributed by atoms with E-state index in [4.69, 9.17) is 4.99 Å². The standard InChI is InChI=1S/C19H18N2S/c1-2-8-18-14(5-1)11-17(22-18)12-15-6-4-10-21-19(15)16-7-3-9-20-13-16/h1-3,5,7-9,12-13,17H,4,6,10-11H2/b15-12+. The van der Waals surface area contributed by atoms with Gasteiger partial charge in [0.2, 0.25) is 0 Å². The van der Waals surface area contributed by atoms with E-state index < -0.39 is 0 Å². The Bertz CT molecular complexity index is 709. The molecule has 2 aliphatic heterocycles. The number of allylic oxidation sites excluding steroid dienone is 1. The zero-order valence-corrected chi connectivity index (χ0v) is 13.2. The van der Waals surface area contributed by atoms with E-state index in [-0.39, 0.29) is 0 Å². The average Bonchev–Trinajstić information content (AvgIpc) is 2.98. The fourth-order valence-electron chi connectivity index (χ4n) is 3.15. The number of thioether (sulfide) groups is 1. The number of rotatable bonds is 2. The number of benzene rings is 1. The number of hydrogen-bond donors (Lipinski definition) is 0. The van der Waals surface area contributed by atoms with Crippen LogP contribution in [0.1, 0.15) is 24.0 Å². The predicted molar refractivity (Wildman–Crippen MR) is 92.7 cm³/mol. The van der Waals surface area contributed by atoms with E-state index in [9.17, 15) is 0 Å². The minimum atomic E-state index is 0.535. The van der Waals surface area contributed by atoms with Crippen molar-refractivity contribution in [1.82, 2.24) is 4.98 Å². The van der Waals surface area contributed by atoms with Crippen LogP contribution in [0.2, 0.25) is 0 Å². The second kappa shape index (κ2) is 6.09. The summed E-state index contributed by atoms with van der Waals surface area (Å²) in [7, 11) is 0. The molecule has 2 aromatic rings. The van der Waals surface area contributed by atoms with Crippen molar-refractivity contribution in [2.24, 2.45) is 4.99 Å². The van der Waals surface area contributed by atoms with Gasteiger partial charge in [0.1, 0.15) is 0 Å². The molecule has 2 aliphatic rings. The molecule has 1 atom stereocenters. The molecule has 0 N–H and O–H groups in total. The normalized spacial score (nSPS) is 22.5. The van der Waals surface area contributed by atoms with Crippen LogP contribution in [0.3, 0.4) is 0 Å². The van der Waals surface area contributed by atoms with Gasteiger partial charge in [0.25, 0.3) is 0 Å². The maximum absolute atomic E-state index is 4.77. The molecular weight excluding hydrogens is 288 g/mol. The van der Waals surface area contributed by atoms with Gasteiger partial charge in [0.05, 0.1) is 5.71 Å². The Balaban J connectivity index is 1.61. The molecule has 0 radical (unpaired) electrons. The summed E-state index contributed by atoms with van der Waals surface area (Å²) in [6, 6.07) is 12.8. The number of hydrogen-bond acceptors (Lipinski definition) is 3. The molecule has 4 rings (SSSR count). The molecule has 0 saturated heterocycles. The first-order chi connectivity index (χ1) is 10.9. The molecule has 1 aromatic heterocycles. The molecular formula is C19H18N2S. The summed E-state index contributed by atoms with van der Waals surface area (Å²) in [6.07, 6.45) is 9.59. The number of nitrogens with zero attached hydrogens (tertiary/aromatic N) is 2. The van der Waals surface area contributed by atoms with E-state index in [2.05, 4.69) is 41.4 Å². The van der Waals surface area contributed by atoms with Gasteiger partial charge < -0.3 is 0 Å². The summed E-state index contributed by atoms with van der Waals surface area (Å²) in [5, 5.41) is 0.535. The van der Waals surface area contributed by atoms with Crippen molar-refractivity contribution >= 4 is 17.5 Å². The summed E-state index contributed by atoms with van der Waals surface area (Å²) < 4.78 is 0. The highest BCUT2D eigenvalue weighted by Crippen LogP contribution is 2.38. The molecule has 0 bridgehead atoms. The highest BCUT2D eigenvalue weighted by molar-refractivity contribution is 8.00. The summed E-state index contributed by atoms with van der Waals surface area (Å²) >= 11 is 1.98. The highest BCUT2D eigenvalue weighted by atomic mass is 32.2. The van der Waals surface area contributed by atoms with Crippen molar-refractivity contribution < 1.29 is 0 Å². The molecule has 0 spiro atoms. The first kappa shape index (κ1) is 13.8. The van der Waals surface area contributed by atoms with Crippen molar-refractivity contribution in [2.75, 3.05) is 6.54 Å². The SMILES string of the molecule is C(=C1/CCCN=C1c1cccnc1)/C1Cc2ccccc2S1. The van der Waals surface area contributed by atoms with Crippen LogP contribution in [0.15, 0.2) is 70.3 Å². The van der Waals surface area contributed by atoms with Crippen LogP contribution in [-0.2, 0) is 6.42 Å². The van der Waals surface area contributed by atoms with Crippen LogP contribution in [0.4, 0.5) is 0 Å². The van der Waals surface area contributed by atoms with Gasteiger partial charge in [-0.1, -0.05) is 24.3 Å². The van der Waals surface area contributed by atoms with Crippen LogP contribution >= 0.6 is 11.8 Å². The summed E-state index contributed by atoms with van der Waals surface area (Å²) in [6.45, 7) is 0.930. The molecule has 3 heteroatoms. The Morgan fingerprint density at radius 3 is 2.95 bits per heavy atom. The third-order valence-electron chi connectivity index (χ3n) is 4.17. The molecule has 2 nitrogen and oxygen atoms in total. The zero-order valence-electron chi connectivity index (χ0n) is 12.4. The Hall–Kier alpha value is -1.87. The number of pyridine rings is 1. The Labute approximate surface area is 135 Å². The van der Waals surface area contributed by atoms with E-state index in [1.165, 1.54) is 16.0 Å². The first-order valence-electron chi connectivity index (χ1n) is 7.80. The van der Waals surface area contributed by atoms with E-state index in [0.717, 1.165) is 37.1 Å². The van der Waals surface area contributed by atoms with Gasteiger partial charge in [0, 0.05) is 34.6 Å². The van der Waals surface area contributed by atoms with Crippen LogP contribution in [0.5, 0.6) is 0 Å². The maximum atomic E-state index is 4.77. The van der Waals surface area contributed by atoms with Crippen LogP contribution in [0, 0.1) is 0 Å². The number of aliphatic imine (C=N–C) groups is 1. The minimum absolute atomic E-state index is 0.535. The fraction of sp³-hybridized carbons (Fsp3) is 0.263. The zero-order chi connectivity index (χ0) is 14.8. The van der Waals surface area contributed by atoms with Gasteiger partial charge >= 0.3 is 0 Å². The number of aromatic nitrogens is 1. The summed E-state index contributed by atoms with van der Waals surface area (Å²) in [5.74, 6) is 0. The van der Waals surface area contributed by atoms with Crippen molar-refractivity contribution in [3.63, 3.8) is 0 Å². The van der Waals surface area contributed by atoms with E-state index in [1.54, 1.807) is 0 Å². The lowest BCUT2D eigenvalue weighted by molar-refractivity contribution is 0.810. The van der Waals surface area contributed by atoms with Gasteiger partial charge in [-0.2, -0.15) is 0 Å². The third-order valence-corrected chi connectivity index (χ3v) is 5.43. The van der Waals surface area contributed by atoms with Gasteiger partial charge in [-0.25, -0.2) is 0 Å². The van der Waals surface area contributed by atoms with E-state index in [1.807, 2.05) is 30.2 Å². The third kappa shape index (κ3) is 2.73. The smallest absolute Gasteiger partial charge is 0.0691 e. The molecule has 0 amide bonds. The lowest BCUT2D eigenvalue weighted by Gasteiger charge is -2.17. The van der Waals surface area contributed by atoms with Crippen LogP contribution in [-0.4, -0.2) is 22.5 Å². The first-order valence-corrected chi connectivity index (χ1v) is 8.68. The molecule has 1 aromatic carbocycles. The fourth-order valence-corrected chi connectivity index (χ4v) is 4.43. The molecule has 3 heterocycles. The van der Waals surface area contributed by atoms with Crippen molar-refractivity contribution in [1.29, 1.82) is 0 Å². The molecule has 0 fully saturated rings. The molecule has 22 heavy (non-hydrogen) atoms. The lowest BCUT2D eigenvalue weighted by Crippen LogP contribution is -2.14. The lowest BCUT2D eigenvalue weighted by atomic mass is 9.95. The second-order valence-corrected chi connectivity index (χ2v) is 7.02. The quantitative estimate of drug-likeness (QED) is 0.826. The molecule has 110 valence electrons. The maximum Gasteiger partial charge on any atom is 0.0691 e. The van der Waals surface area contributed by atoms with Gasteiger partial charge in [-0.3, -0.25) is 9.98 Å². The Morgan fingerprint density at radius 2 is 2.09 bits per heavy atom. The largest absolute Gasteiger partial charge is 0.284 e. The number of fused-ring (bicyclic) bond motifs is 1. The summed E-state index contributed by atoms with van der Waals surface area (Å²) in [4.78, 5) is 10.4. The van der Waals surface area contributed by atoms with Gasteiger partial charge in [0.15, 0.2) is 0 Å². The Kier molecular flexibility index (Phi) is 3.81. The van der Waals surface area contributed by atoms with Crippen LogP contribution in [0.25, 0.3) is 0 Å². The molecule has 0 saturated carbocycles. The second-order valence-electron chi connectivity index (χ2n) is 5.74. The topological polar surface area (TPSA) is 25.2 Å². The van der Waals surface area contributed by atoms with E-state index >= 15 is 0 Å². The van der Waals surface area contributed by atoms with Crippen LogP contribution < -0.4 is 0 Å². The van der Waals surface area contributed by atoms with Crippen molar-refractivity contribution in [2.45, 2.75) is 29.4 Å².